The first-order chi connectivity index (χ1) is 13.6. The zero-order chi connectivity index (χ0) is 21.6. The second-order valence-electron chi connectivity index (χ2n) is 7.88. The van der Waals surface area contributed by atoms with Crippen LogP contribution in [-0.4, -0.2) is 28.9 Å². The highest BCUT2D eigenvalue weighted by atomic mass is 16.7. The lowest BCUT2D eigenvalue weighted by Crippen LogP contribution is -2.32. The van der Waals surface area contributed by atoms with Crippen molar-refractivity contribution < 1.29 is 24.2 Å². The Morgan fingerprint density at radius 1 is 1.10 bits per heavy atom. The molecule has 2 aromatic rings. The summed E-state index contributed by atoms with van der Waals surface area (Å²) in [5, 5.41) is 9.01. The van der Waals surface area contributed by atoms with Gasteiger partial charge in [-0.1, -0.05) is 30.3 Å². The van der Waals surface area contributed by atoms with Crippen molar-refractivity contribution in [3.63, 3.8) is 0 Å². The summed E-state index contributed by atoms with van der Waals surface area (Å²) >= 11 is 0. The van der Waals surface area contributed by atoms with Gasteiger partial charge in [0.15, 0.2) is 0 Å². The molecule has 0 amide bonds. The second kappa shape index (κ2) is 9.56. The number of ether oxygens (including phenoxy) is 2. The fourth-order valence-corrected chi connectivity index (χ4v) is 3.13. The fraction of sp³-hybridized carbons (Fsp3) is 0.391. The molecule has 1 atom stereocenters. The van der Waals surface area contributed by atoms with Gasteiger partial charge in [0.2, 0.25) is 0 Å². The Balaban J connectivity index is 1.98. The maximum absolute atomic E-state index is 12.3. The van der Waals surface area contributed by atoms with Crippen molar-refractivity contribution in [1.82, 2.24) is 0 Å². The van der Waals surface area contributed by atoms with Crippen LogP contribution in [0.5, 0.6) is 5.75 Å². The molecule has 0 aliphatic rings. The number of rotatable bonds is 8. The molecule has 0 aliphatic heterocycles. The molecule has 0 bridgehead atoms. The van der Waals surface area contributed by atoms with Crippen molar-refractivity contribution in [3.05, 3.63) is 64.7 Å². The highest BCUT2D eigenvalue weighted by Gasteiger charge is 2.24. The quantitative estimate of drug-likeness (QED) is 0.510. The Hall–Kier alpha value is -2.86. The average Bonchev–Trinajstić information content (AvgIpc) is 2.63. The first-order valence-electron chi connectivity index (χ1n) is 9.60. The number of carbonyl (C=O) groups is 2. The standard InChI is InChI=1S/C23H29NO5/c1-15-12-18(13-16(2)19(15)14-20(24)21(25)26)28-22(27)29-23(3,4)11-10-17-8-6-5-7-9-17/h5-9,12-13,20H,10-11,14,24H2,1-4H3,(H,25,26)/t20-/m0/s1. The van der Waals surface area contributed by atoms with Crippen molar-refractivity contribution in [2.45, 2.75) is 58.6 Å². The van der Waals surface area contributed by atoms with E-state index in [1.54, 1.807) is 12.1 Å². The number of hydrogen-bond acceptors (Lipinski definition) is 5. The Morgan fingerprint density at radius 3 is 2.24 bits per heavy atom. The van der Waals surface area contributed by atoms with Gasteiger partial charge in [0.05, 0.1) is 0 Å². The van der Waals surface area contributed by atoms with Crippen LogP contribution in [0.15, 0.2) is 42.5 Å². The van der Waals surface area contributed by atoms with Gasteiger partial charge < -0.3 is 20.3 Å². The number of hydrogen-bond donors (Lipinski definition) is 2. The monoisotopic (exact) mass is 399 g/mol. The molecule has 0 aromatic heterocycles. The number of carbonyl (C=O) groups excluding carboxylic acids is 1. The molecule has 156 valence electrons. The molecule has 0 spiro atoms. The second-order valence-corrected chi connectivity index (χ2v) is 7.88. The highest BCUT2D eigenvalue weighted by molar-refractivity contribution is 5.73. The Kier molecular flexibility index (Phi) is 7.40. The van der Waals surface area contributed by atoms with Crippen LogP contribution in [-0.2, 0) is 22.4 Å². The lowest BCUT2D eigenvalue weighted by atomic mass is 9.96. The van der Waals surface area contributed by atoms with Gasteiger partial charge in [0, 0.05) is 0 Å². The predicted octanol–water partition coefficient (Wildman–Crippen LogP) is 4.18. The zero-order valence-corrected chi connectivity index (χ0v) is 17.4. The molecule has 6 nitrogen and oxygen atoms in total. The van der Waals surface area contributed by atoms with Crippen molar-refractivity contribution in [1.29, 1.82) is 0 Å². The molecule has 6 heteroatoms. The first kappa shape index (κ1) is 22.4. The molecule has 0 heterocycles. The molecular weight excluding hydrogens is 370 g/mol. The molecule has 29 heavy (non-hydrogen) atoms. The molecule has 0 aliphatic carbocycles. The van der Waals surface area contributed by atoms with Gasteiger partial charge >= 0.3 is 12.1 Å². The number of aryl methyl sites for hydroxylation is 3. The number of carboxylic acids is 1. The van der Waals surface area contributed by atoms with Gasteiger partial charge in [0.1, 0.15) is 17.4 Å². The third-order valence-electron chi connectivity index (χ3n) is 4.83. The Labute approximate surface area is 171 Å². The molecule has 0 radical (unpaired) electrons. The van der Waals surface area contributed by atoms with E-state index in [1.165, 1.54) is 5.56 Å². The largest absolute Gasteiger partial charge is 0.514 e. The molecule has 0 fully saturated rings. The summed E-state index contributed by atoms with van der Waals surface area (Å²) in [7, 11) is 0. The SMILES string of the molecule is Cc1cc(OC(=O)OC(C)(C)CCc2ccccc2)cc(C)c1C[C@H](N)C(=O)O. The van der Waals surface area contributed by atoms with Crippen LogP contribution in [0.1, 0.15) is 42.5 Å². The summed E-state index contributed by atoms with van der Waals surface area (Å²) in [5.41, 5.74) is 8.61. The maximum atomic E-state index is 12.3. The van der Waals surface area contributed by atoms with Crippen molar-refractivity contribution >= 4 is 12.1 Å². The number of benzene rings is 2. The molecule has 3 N–H and O–H groups in total. The summed E-state index contributed by atoms with van der Waals surface area (Å²) in [6, 6.07) is 12.4. The van der Waals surface area contributed by atoms with E-state index in [1.807, 2.05) is 58.0 Å². The van der Waals surface area contributed by atoms with Crippen LogP contribution in [0.25, 0.3) is 0 Å². The van der Waals surface area contributed by atoms with E-state index in [2.05, 4.69) is 0 Å². The minimum absolute atomic E-state index is 0.213. The topological polar surface area (TPSA) is 98.9 Å². The first-order valence-corrected chi connectivity index (χ1v) is 9.60. The molecule has 0 unspecified atom stereocenters. The van der Waals surface area contributed by atoms with Crippen molar-refractivity contribution in [2.24, 2.45) is 5.73 Å². The molecule has 2 rings (SSSR count). The van der Waals surface area contributed by atoms with Crippen LogP contribution in [0.4, 0.5) is 4.79 Å². The highest BCUT2D eigenvalue weighted by Crippen LogP contribution is 2.25. The molecule has 0 saturated carbocycles. The smallest absolute Gasteiger partial charge is 0.480 e. The van der Waals surface area contributed by atoms with Gasteiger partial charge in [-0.2, -0.15) is 0 Å². The van der Waals surface area contributed by atoms with Crippen LogP contribution in [0.2, 0.25) is 0 Å². The van der Waals surface area contributed by atoms with Gasteiger partial charge in [-0.15, -0.1) is 0 Å². The van der Waals surface area contributed by atoms with E-state index in [-0.39, 0.29) is 6.42 Å². The molecule has 0 saturated heterocycles. The number of aliphatic carboxylic acids is 1. The summed E-state index contributed by atoms with van der Waals surface area (Å²) in [5.74, 6) is -0.693. The Bertz CT molecular complexity index is 838. The van der Waals surface area contributed by atoms with Gasteiger partial charge in [-0.05, 0) is 81.3 Å². The zero-order valence-electron chi connectivity index (χ0n) is 17.4. The van der Waals surface area contributed by atoms with Crippen LogP contribution >= 0.6 is 0 Å². The van der Waals surface area contributed by atoms with E-state index < -0.39 is 23.8 Å². The van der Waals surface area contributed by atoms with Gasteiger partial charge in [0.25, 0.3) is 0 Å². The van der Waals surface area contributed by atoms with E-state index in [4.69, 9.17) is 20.3 Å². The van der Waals surface area contributed by atoms with Crippen LogP contribution in [0, 0.1) is 13.8 Å². The Morgan fingerprint density at radius 2 is 1.69 bits per heavy atom. The molecule has 2 aromatic carbocycles. The van der Waals surface area contributed by atoms with E-state index >= 15 is 0 Å². The van der Waals surface area contributed by atoms with Gasteiger partial charge in [-0.25, -0.2) is 4.79 Å². The average molecular weight is 399 g/mol. The number of carboxylic acid groups (broad SMARTS) is 1. The van der Waals surface area contributed by atoms with Crippen LogP contribution in [0.3, 0.4) is 0 Å². The summed E-state index contributed by atoms with van der Waals surface area (Å²) in [6.45, 7) is 7.37. The minimum Gasteiger partial charge on any atom is -0.480 e. The van der Waals surface area contributed by atoms with E-state index in [0.717, 1.165) is 23.1 Å². The van der Waals surface area contributed by atoms with Gasteiger partial charge in [-0.3, -0.25) is 4.79 Å². The normalized spacial score (nSPS) is 12.3. The fourth-order valence-electron chi connectivity index (χ4n) is 3.13. The third-order valence-corrected chi connectivity index (χ3v) is 4.83. The van der Waals surface area contributed by atoms with Crippen molar-refractivity contribution in [3.8, 4) is 5.75 Å². The van der Waals surface area contributed by atoms with E-state index in [0.29, 0.717) is 12.2 Å². The molecular formula is C23H29NO5. The third kappa shape index (κ3) is 6.91. The van der Waals surface area contributed by atoms with Crippen molar-refractivity contribution in [2.75, 3.05) is 0 Å². The summed E-state index contributed by atoms with van der Waals surface area (Å²) in [4.78, 5) is 23.3. The summed E-state index contributed by atoms with van der Waals surface area (Å²) in [6.07, 6.45) is 0.898. The lowest BCUT2D eigenvalue weighted by molar-refractivity contribution is -0.138. The van der Waals surface area contributed by atoms with Crippen LogP contribution < -0.4 is 10.5 Å². The lowest BCUT2D eigenvalue weighted by Gasteiger charge is -2.24. The summed E-state index contributed by atoms with van der Waals surface area (Å²) < 4.78 is 10.9. The predicted molar refractivity (Wildman–Crippen MR) is 111 cm³/mol. The number of nitrogens with two attached hydrogens (primary N) is 1. The minimum atomic E-state index is -1.05. The van der Waals surface area contributed by atoms with E-state index in [9.17, 15) is 9.59 Å². The maximum Gasteiger partial charge on any atom is 0.514 e.